The van der Waals surface area contributed by atoms with E-state index in [9.17, 15) is 18.4 Å². The number of alkyl halides is 3. The van der Waals surface area contributed by atoms with Gasteiger partial charge in [-0.3, -0.25) is 9.59 Å². The number of nitrogens with one attached hydrogen (secondary N) is 2. The Morgan fingerprint density at radius 2 is 2.07 bits per heavy atom. The fourth-order valence-corrected chi connectivity index (χ4v) is 4.00. The number of hydrogen-bond acceptors (Lipinski definition) is 4. The van der Waals surface area contributed by atoms with E-state index < -0.39 is 11.5 Å². The normalized spacial score (nSPS) is 16.5. The Hall–Kier alpha value is -2.72. The van der Waals surface area contributed by atoms with Crippen LogP contribution in [0.2, 0.25) is 0 Å². The predicted octanol–water partition coefficient (Wildman–Crippen LogP) is 4.28. The molecule has 1 fully saturated rings. The first-order valence-electron chi connectivity index (χ1n) is 8.79. The molecule has 0 unspecified atom stereocenters. The van der Waals surface area contributed by atoms with Crippen LogP contribution in [0, 0.1) is 0 Å². The van der Waals surface area contributed by atoms with E-state index in [0.717, 1.165) is 5.52 Å². The van der Waals surface area contributed by atoms with Gasteiger partial charge >= 0.3 is 5.57 Å². The zero-order valence-corrected chi connectivity index (χ0v) is 17.5. The lowest BCUT2D eigenvalue weighted by Crippen LogP contribution is -2.16. The Bertz CT molecular complexity index is 1130. The van der Waals surface area contributed by atoms with Gasteiger partial charge in [0.05, 0.1) is 23.4 Å². The summed E-state index contributed by atoms with van der Waals surface area (Å²) in [6.45, 7) is 0.522. The van der Waals surface area contributed by atoms with Gasteiger partial charge in [-0.25, -0.2) is 4.98 Å². The summed E-state index contributed by atoms with van der Waals surface area (Å²) in [6, 6.07) is 8.63. The summed E-state index contributed by atoms with van der Waals surface area (Å²) >= 11 is 8.21. The SMILES string of the molecule is O=C1C[C@H](n2cnc3cc(C(=O)Nc4ccc(OC(F)(F)Cl)cc4)cc(Br)c32)CN1. The first-order valence-corrected chi connectivity index (χ1v) is 9.96. The fraction of sp³-hybridized carbons (Fsp3) is 0.211. The second kappa shape index (κ2) is 7.84. The van der Waals surface area contributed by atoms with Crippen molar-refractivity contribution in [2.24, 2.45) is 0 Å². The number of carbonyl (C=O) groups excluding carboxylic acids is 2. The van der Waals surface area contributed by atoms with Crippen molar-refractivity contribution in [2.45, 2.75) is 18.0 Å². The van der Waals surface area contributed by atoms with Crippen LogP contribution in [-0.4, -0.2) is 33.5 Å². The Morgan fingerprint density at radius 3 is 2.70 bits per heavy atom. The van der Waals surface area contributed by atoms with E-state index in [-0.39, 0.29) is 17.7 Å². The van der Waals surface area contributed by atoms with Gasteiger partial charge in [0.1, 0.15) is 5.75 Å². The fourth-order valence-electron chi connectivity index (χ4n) is 3.26. The molecule has 11 heteroatoms. The van der Waals surface area contributed by atoms with E-state index in [2.05, 4.69) is 36.3 Å². The highest BCUT2D eigenvalue weighted by molar-refractivity contribution is 9.10. The van der Waals surface area contributed by atoms with Gasteiger partial charge in [0, 0.05) is 40.3 Å². The van der Waals surface area contributed by atoms with Gasteiger partial charge in [0.15, 0.2) is 0 Å². The molecule has 0 aliphatic carbocycles. The molecule has 0 radical (unpaired) electrons. The third-order valence-electron chi connectivity index (χ3n) is 4.58. The molecule has 0 spiro atoms. The summed E-state index contributed by atoms with van der Waals surface area (Å²) in [6.07, 6.45) is 2.02. The molecule has 2 N–H and O–H groups in total. The molecule has 1 saturated heterocycles. The zero-order chi connectivity index (χ0) is 21.5. The average molecular weight is 500 g/mol. The van der Waals surface area contributed by atoms with Gasteiger partial charge in [-0.2, -0.15) is 0 Å². The summed E-state index contributed by atoms with van der Waals surface area (Å²) in [5.74, 6) is -0.552. The molecule has 30 heavy (non-hydrogen) atoms. The van der Waals surface area contributed by atoms with Crippen molar-refractivity contribution in [3.63, 3.8) is 0 Å². The van der Waals surface area contributed by atoms with Gasteiger partial charge < -0.3 is 19.9 Å². The highest BCUT2D eigenvalue weighted by Crippen LogP contribution is 2.30. The molecule has 1 atom stereocenters. The van der Waals surface area contributed by atoms with E-state index in [1.165, 1.54) is 24.3 Å². The van der Waals surface area contributed by atoms with Gasteiger partial charge in [-0.1, -0.05) is 0 Å². The Kier molecular flexibility index (Phi) is 5.37. The third kappa shape index (κ3) is 4.39. The number of ether oxygens (including phenoxy) is 1. The second-order valence-electron chi connectivity index (χ2n) is 6.67. The number of benzene rings is 2. The van der Waals surface area contributed by atoms with Gasteiger partial charge in [-0.05, 0) is 52.3 Å². The van der Waals surface area contributed by atoms with E-state index in [4.69, 9.17) is 11.6 Å². The van der Waals surface area contributed by atoms with Crippen LogP contribution in [0.4, 0.5) is 14.5 Å². The van der Waals surface area contributed by atoms with Crippen LogP contribution >= 0.6 is 27.5 Å². The van der Waals surface area contributed by atoms with Crippen LogP contribution in [0.15, 0.2) is 47.2 Å². The van der Waals surface area contributed by atoms with Crippen molar-refractivity contribution in [2.75, 3.05) is 11.9 Å². The minimum absolute atomic E-state index is 0.0137. The van der Waals surface area contributed by atoms with Crippen LogP contribution < -0.4 is 15.4 Å². The topological polar surface area (TPSA) is 85.2 Å². The summed E-state index contributed by atoms with van der Waals surface area (Å²) in [5.41, 5.74) is -1.67. The summed E-state index contributed by atoms with van der Waals surface area (Å²) < 4.78 is 32.1. The number of imidazole rings is 1. The van der Waals surface area contributed by atoms with E-state index >= 15 is 0 Å². The molecule has 0 bridgehead atoms. The molecule has 7 nitrogen and oxygen atoms in total. The maximum Gasteiger partial charge on any atom is 0.487 e. The Labute approximate surface area is 182 Å². The van der Waals surface area contributed by atoms with Crippen molar-refractivity contribution in [3.05, 3.63) is 52.8 Å². The number of aromatic nitrogens is 2. The maximum atomic E-state index is 12.7. The van der Waals surface area contributed by atoms with Crippen LogP contribution in [0.3, 0.4) is 0 Å². The molecule has 156 valence electrons. The van der Waals surface area contributed by atoms with E-state index in [1.54, 1.807) is 18.5 Å². The van der Waals surface area contributed by atoms with Crippen LogP contribution in [0.5, 0.6) is 5.75 Å². The number of hydrogen-bond donors (Lipinski definition) is 2. The van der Waals surface area contributed by atoms with Crippen molar-refractivity contribution >= 4 is 56.1 Å². The van der Waals surface area contributed by atoms with Crippen LogP contribution in [-0.2, 0) is 4.79 Å². The smallest absolute Gasteiger partial charge is 0.420 e. The first-order chi connectivity index (χ1) is 14.2. The minimum atomic E-state index is -3.81. The molecule has 3 aromatic rings. The summed E-state index contributed by atoms with van der Waals surface area (Å²) in [4.78, 5) is 28.5. The first kappa shape index (κ1) is 20.5. The molecular formula is C19H14BrClF2N4O3. The van der Waals surface area contributed by atoms with Gasteiger partial charge in [0.25, 0.3) is 5.91 Å². The lowest BCUT2D eigenvalue weighted by Gasteiger charge is -2.13. The van der Waals surface area contributed by atoms with Gasteiger partial charge in [-0.15, -0.1) is 8.78 Å². The predicted molar refractivity (Wildman–Crippen MR) is 110 cm³/mol. The van der Waals surface area contributed by atoms with Crippen LogP contribution in [0.1, 0.15) is 22.8 Å². The molecular weight excluding hydrogens is 486 g/mol. The minimum Gasteiger partial charge on any atom is -0.420 e. The number of carbonyl (C=O) groups is 2. The molecule has 0 saturated carbocycles. The second-order valence-corrected chi connectivity index (χ2v) is 7.96. The molecule has 1 aliphatic rings. The molecule has 2 aromatic carbocycles. The lowest BCUT2D eigenvalue weighted by molar-refractivity contribution is -0.119. The highest BCUT2D eigenvalue weighted by atomic mass is 79.9. The summed E-state index contributed by atoms with van der Waals surface area (Å²) in [5, 5.41) is 5.47. The van der Waals surface area contributed by atoms with Crippen LogP contribution in [0.25, 0.3) is 11.0 Å². The molecule has 2 amide bonds. The monoisotopic (exact) mass is 498 g/mol. The standard InChI is InChI=1S/C19H14BrClF2N4O3/c20-14-5-10(6-15-17(14)27(9-25-15)12-7-16(28)24-8-12)18(29)26-11-1-3-13(4-2-11)30-19(21,22)23/h1-6,9,12H,7-8H2,(H,24,28)(H,26,29)/t12-/m0/s1. The number of halogens is 4. The number of amides is 2. The summed E-state index contributed by atoms with van der Waals surface area (Å²) in [7, 11) is 0. The quantitative estimate of drug-likeness (QED) is 0.513. The van der Waals surface area contributed by atoms with Crippen molar-refractivity contribution < 1.29 is 23.1 Å². The third-order valence-corrected chi connectivity index (χ3v) is 5.26. The number of fused-ring (bicyclic) bond motifs is 1. The Morgan fingerprint density at radius 1 is 1.33 bits per heavy atom. The average Bonchev–Trinajstić information content (AvgIpc) is 3.28. The largest absolute Gasteiger partial charge is 0.487 e. The lowest BCUT2D eigenvalue weighted by atomic mass is 10.1. The number of rotatable bonds is 5. The van der Waals surface area contributed by atoms with E-state index in [1.807, 2.05) is 4.57 Å². The van der Waals surface area contributed by atoms with Crippen molar-refractivity contribution in [1.29, 1.82) is 0 Å². The zero-order valence-electron chi connectivity index (χ0n) is 15.2. The molecule has 1 aliphatic heterocycles. The molecule has 4 rings (SSSR count). The number of nitrogens with zero attached hydrogens (tertiary/aromatic N) is 2. The molecule has 1 aromatic heterocycles. The Balaban J connectivity index is 1.53. The molecule has 2 heterocycles. The van der Waals surface area contributed by atoms with Crippen molar-refractivity contribution in [1.82, 2.24) is 14.9 Å². The maximum absolute atomic E-state index is 12.7. The van der Waals surface area contributed by atoms with E-state index in [0.29, 0.717) is 34.2 Å². The number of anilines is 1. The van der Waals surface area contributed by atoms with Crippen molar-refractivity contribution in [3.8, 4) is 5.75 Å². The highest BCUT2D eigenvalue weighted by Gasteiger charge is 2.27. The van der Waals surface area contributed by atoms with Gasteiger partial charge in [0.2, 0.25) is 5.91 Å².